The third-order valence-corrected chi connectivity index (χ3v) is 15.1. The smallest absolute Gasteiger partial charge is 0.245 e. The van der Waals surface area contributed by atoms with Gasteiger partial charge in [-0.3, -0.25) is 10.7 Å². The maximum Gasteiger partial charge on any atom is 0.245 e. The van der Waals surface area contributed by atoms with Crippen LogP contribution in [0.5, 0.6) is 0 Å². The summed E-state index contributed by atoms with van der Waals surface area (Å²) in [5, 5.41) is 13.9. The Balaban J connectivity index is 1.55. The number of rotatable bonds is 10. The van der Waals surface area contributed by atoms with E-state index in [1.165, 1.54) is 36.4 Å². The summed E-state index contributed by atoms with van der Waals surface area (Å²) in [4.78, 5) is 11.9. The third kappa shape index (κ3) is 7.15. The topological polar surface area (TPSA) is 136 Å². The van der Waals surface area contributed by atoms with Crippen molar-refractivity contribution in [1.82, 2.24) is 8.61 Å². The van der Waals surface area contributed by atoms with Crippen molar-refractivity contribution in [3.05, 3.63) is 41.3 Å². The lowest BCUT2D eigenvalue weighted by Crippen LogP contribution is -2.43. The zero-order chi connectivity index (χ0) is 36.8. The minimum atomic E-state index is -4.38. The number of fused-ring (bicyclic) bond motifs is 2. The number of anilines is 1. The Morgan fingerprint density at radius 3 is 1.32 bits per heavy atom. The molecule has 0 atom stereocenters. The monoisotopic (exact) mass is 736 g/mol. The Labute approximate surface area is 294 Å². The molecule has 0 spiro atoms. The molecule has 0 radical (unpaired) electrons. The lowest BCUT2D eigenvalue weighted by atomic mass is 9.71. The average Bonchev–Trinajstić information content (AvgIpc) is 3.06. The quantitative estimate of drug-likeness (QED) is 0.0917. The highest BCUT2D eigenvalue weighted by atomic mass is 32.2. The molecule has 0 aliphatic heterocycles. The number of nitroso groups, excluding NO2 is 1. The van der Waals surface area contributed by atoms with Crippen LogP contribution >= 0.6 is 0 Å². The van der Waals surface area contributed by atoms with Crippen LogP contribution in [0.3, 0.4) is 0 Å². The highest BCUT2D eigenvalue weighted by molar-refractivity contribution is 7.89. The van der Waals surface area contributed by atoms with E-state index in [9.17, 15) is 35.7 Å². The van der Waals surface area contributed by atoms with Gasteiger partial charge in [0.1, 0.15) is 5.69 Å². The van der Waals surface area contributed by atoms with Crippen molar-refractivity contribution in [2.24, 2.45) is 27.8 Å². The molecule has 2 aliphatic rings. The van der Waals surface area contributed by atoms with Crippen LogP contribution in [0.2, 0.25) is 0 Å². The van der Waals surface area contributed by atoms with Gasteiger partial charge in [0.15, 0.2) is 13.6 Å². The van der Waals surface area contributed by atoms with Crippen LogP contribution in [-0.4, -0.2) is 56.3 Å². The zero-order valence-corrected chi connectivity index (χ0v) is 31.4. The van der Waals surface area contributed by atoms with E-state index in [2.05, 4.69) is 52.2 Å². The van der Waals surface area contributed by atoms with E-state index < -0.39 is 45.7 Å². The Hall–Kier alpha value is -2.78. The van der Waals surface area contributed by atoms with E-state index in [0.717, 1.165) is 34.3 Å². The Morgan fingerprint density at radius 1 is 0.680 bits per heavy atom. The van der Waals surface area contributed by atoms with Gasteiger partial charge in [0.25, 0.3) is 0 Å². The van der Waals surface area contributed by atoms with Crippen molar-refractivity contribution in [1.29, 1.82) is 0 Å². The predicted octanol–water partition coefficient (Wildman–Crippen LogP) is 9.24. The molecule has 276 valence electrons. The molecule has 5 rings (SSSR count). The lowest BCUT2D eigenvalue weighted by Gasteiger charge is -2.39. The molecule has 0 amide bonds. The van der Waals surface area contributed by atoms with Crippen LogP contribution in [-0.2, 0) is 20.0 Å². The van der Waals surface area contributed by atoms with Gasteiger partial charge in [-0.25, -0.2) is 25.6 Å². The number of sulfonamides is 2. The standard InChI is InChI=1S/C36H50F2N4O6S2/c1-35(2,3)23-7-11-25(12-8-23)41(21-37)49(45,46)27-15-17-29-31(19-27)34(40-44)32-20-28(16-18-30(32)33(29)39-43)50(47,48)42(22-38)26-13-9-24(10-14-26)36(4,5)6/h15-20,23-26,39,43H,7-14,21-22H2,1-6H3. The summed E-state index contributed by atoms with van der Waals surface area (Å²) >= 11 is 0. The summed E-state index contributed by atoms with van der Waals surface area (Å²) in [5.74, 6) is 0.772. The number of nitrogens with one attached hydrogen (secondary N) is 1. The first kappa shape index (κ1) is 38.5. The fourth-order valence-electron chi connectivity index (χ4n) is 8.15. The molecule has 0 aromatic heterocycles. The molecule has 2 aliphatic carbocycles. The molecule has 2 fully saturated rings. The van der Waals surface area contributed by atoms with Crippen molar-refractivity contribution in [3.8, 4) is 0 Å². The summed E-state index contributed by atoms with van der Waals surface area (Å²) in [5.41, 5.74) is 2.02. The number of nitrogens with zero attached hydrogens (tertiary/aromatic N) is 3. The molecule has 0 heterocycles. The van der Waals surface area contributed by atoms with Gasteiger partial charge in [0, 0.05) is 33.6 Å². The molecule has 2 N–H and O–H groups in total. The summed E-state index contributed by atoms with van der Waals surface area (Å²) in [6, 6.07) is 6.69. The van der Waals surface area contributed by atoms with Gasteiger partial charge in [-0.05, 0) is 103 Å². The predicted molar refractivity (Wildman–Crippen MR) is 193 cm³/mol. The fraction of sp³-hybridized carbons (Fsp3) is 0.611. The third-order valence-electron chi connectivity index (χ3n) is 11.3. The summed E-state index contributed by atoms with van der Waals surface area (Å²) in [6.45, 7) is 10.4. The first-order valence-electron chi connectivity index (χ1n) is 17.3. The Morgan fingerprint density at radius 2 is 1.04 bits per heavy atom. The van der Waals surface area contributed by atoms with Crippen LogP contribution in [0.4, 0.5) is 20.2 Å². The molecule has 2 saturated carbocycles. The second-order valence-corrected chi connectivity index (χ2v) is 19.9. The summed E-state index contributed by atoms with van der Waals surface area (Å²) in [7, 11) is -8.75. The van der Waals surface area contributed by atoms with Crippen LogP contribution in [0.15, 0.2) is 51.4 Å². The van der Waals surface area contributed by atoms with Crippen molar-refractivity contribution in [3.63, 3.8) is 0 Å². The number of alkyl halides is 2. The molecule has 14 heteroatoms. The maximum atomic E-state index is 14.5. The van der Waals surface area contributed by atoms with Gasteiger partial charge in [-0.2, -0.15) is 8.61 Å². The van der Waals surface area contributed by atoms with Crippen molar-refractivity contribution in [2.75, 3.05) is 19.1 Å². The van der Waals surface area contributed by atoms with Gasteiger partial charge >= 0.3 is 0 Å². The molecule has 0 unspecified atom stereocenters. The number of hydrogen-bond acceptors (Lipinski definition) is 8. The van der Waals surface area contributed by atoms with E-state index in [0.29, 0.717) is 37.5 Å². The highest BCUT2D eigenvalue weighted by Gasteiger charge is 2.39. The fourth-order valence-corrected chi connectivity index (χ4v) is 11.2. The van der Waals surface area contributed by atoms with Crippen molar-refractivity contribution in [2.45, 2.75) is 115 Å². The summed E-state index contributed by atoms with van der Waals surface area (Å²) < 4.78 is 86.5. The van der Waals surface area contributed by atoms with Gasteiger partial charge in [-0.15, -0.1) is 4.91 Å². The first-order chi connectivity index (χ1) is 23.4. The second kappa shape index (κ2) is 14.3. The van der Waals surface area contributed by atoms with Crippen molar-refractivity contribution >= 4 is 53.0 Å². The van der Waals surface area contributed by atoms with E-state index in [1.54, 1.807) is 0 Å². The van der Waals surface area contributed by atoms with E-state index in [-0.39, 0.29) is 53.5 Å². The van der Waals surface area contributed by atoms with Crippen LogP contribution in [0, 0.1) is 27.6 Å². The maximum absolute atomic E-state index is 14.5. The Bertz CT molecular complexity index is 1810. The molecule has 0 bridgehead atoms. The molecule has 3 aromatic rings. The van der Waals surface area contributed by atoms with Crippen molar-refractivity contribution < 1.29 is 30.8 Å². The van der Waals surface area contributed by atoms with E-state index in [4.69, 9.17) is 0 Å². The van der Waals surface area contributed by atoms with Gasteiger partial charge in [0.05, 0.1) is 15.5 Å². The molecule has 3 aromatic carbocycles. The average molecular weight is 737 g/mol. The second-order valence-electron chi connectivity index (χ2n) is 16.1. The largest absolute Gasteiger partial charge is 0.291 e. The minimum Gasteiger partial charge on any atom is -0.291 e. The number of hydrogen-bond donors (Lipinski definition) is 2. The van der Waals surface area contributed by atoms with Crippen LogP contribution < -0.4 is 5.48 Å². The number of halogens is 2. The molecular formula is C36H50F2N4O6S2. The normalized spacial score (nSPS) is 22.8. The first-order valence-corrected chi connectivity index (χ1v) is 20.2. The molecule has 0 saturated heterocycles. The zero-order valence-electron chi connectivity index (χ0n) is 29.7. The van der Waals surface area contributed by atoms with Crippen LogP contribution in [0.1, 0.15) is 92.9 Å². The lowest BCUT2D eigenvalue weighted by molar-refractivity contribution is 0.118. The minimum absolute atomic E-state index is 0.0118. The SMILES string of the molecule is CC(C)(C)C1CCC(N(CF)S(=O)(=O)c2ccc3c(NO)c4ccc(S(=O)(=O)N(CF)C5CCC(C(C)(C)C)CC5)cc4c(N=O)c3c2)CC1. The van der Waals surface area contributed by atoms with Crippen LogP contribution in [0.25, 0.3) is 21.5 Å². The highest BCUT2D eigenvalue weighted by Crippen LogP contribution is 2.45. The molecule has 50 heavy (non-hydrogen) atoms. The van der Waals surface area contributed by atoms with E-state index in [1.807, 2.05) is 0 Å². The molecular weight excluding hydrogens is 687 g/mol. The summed E-state index contributed by atoms with van der Waals surface area (Å²) in [6.07, 6.45) is 5.08. The number of benzene rings is 3. The molecule has 10 nitrogen and oxygen atoms in total. The van der Waals surface area contributed by atoms with E-state index >= 15 is 0 Å². The van der Waals surface area contributed by atoms with Gasteiger partial charge in [-0.1, -0.05) is 53.7 Å². The Kier molecular flexibility index (Phi) is 11.0. The van der Waals surface area contributed by atoms with Gasteiger partial charge < -0.3 is 0 Å². The van der Waals surface area contributed by atoms with Gasteiger partial charge in [0.2, 0.25) is 20.0 Å².